The van der Waals surface area contributed by atoms with E-state index >= 15 is 0 Å². The Kier molecular flexibility index (Phi) is 1.93. The summed E-state index contributed by atoms with van der Waals surface area (Å²) in [7, 11) is 0. The van der Waals surface area contributed by atoms with E-state index in [1.165, 1.54) is 5.22 Å². The van der Waals surface area contributed by atoms with Gasteiger partial charge >= 0.3 is 0 Å². The van der Waals surface area contributed by atoms with Crippen molar-refractivity contribution in [1.82, 2.24) is 0 Å². The normalized spacial score (nSPS) is 14.1. The molecule has 2 heteroatoms. The molecule has 2 aromatic rings. The van der Waals surface area contributed by atoms with E-state index in [4.69, 9.17) is 0 Å². The zero-order valence-electron chi connectivity index (χ0n) is 10.2. The van der Waals surface area contributed by atoms with Gasteiger partial charge in [0.15, 0.2) is 0 Å². The third-order valence-corrected chi connectivity index (χ3v) is 3.84. The SMILES string of the molecule is Oc1ccc2c(c1)CC=c1c-2c(O)cc2c1=CC=C2. The lowest BCUT2D eigenvalue weighted by Crippen LogP contribution is -2.30. The van der Waals surface area contributed by atoms with Crippen molar-refractivity contribution < 1.29 is 10.2 Å². The summed E-state index contributed by atoms with van der Waals surface area (Å²) in [5.74, 6) is 0.570. The van der Waals surface area contributed by atoms with Crippen molar-refractivity contribution in [2.75, 3.05) is 0 Å². The first-order valence-electron chi connectivity index (χ1n) is 6.31. The van der Waals surface area contributed by atoms with Gasteiger partial charge in [0.1, 0.15) is 11.5 Å². The minimum Gasteiger partial charge on any atom is -0.508 e. The van der Waals surface area contributed by atoms with Crippen LogP contribution in [-0.4, -0.2) is 10.2 Å². The first-order chi connectivity index (χ1) is 9.24. The van der Waals surface area contributed by atoms with E-state index in [1.54, 1.807) is 12.1 Å². The maximum Gasteiger partial charge on any atom is 0.124 e. The molecule has 0 aliphatic heterocycles. The fourth-order valence-electron chi connectivity index (χ4n) is 3.00. The van der Waals surface area contributed by atoms with Gasteiger partial charge in [-0.15, -0.1) is 0 Å². The summed E-state index contributed by atoms with van der Waals surface area (Å²) in [6.07, 6.45) is 9.00. The van der Waals surface area contributed by atoms with E-state index < -0.39 is 0 Å². The van der Waals surface area contributed by atoms with E-state index in [0.29, 0.717) is 5.75 Å². The van der Waals surface area contributed by atoms with Crippen LogP contribution in [0.2, 0.25) is 0 Å². The Morgan fingerprint density at radius 3 is 2.79 bits per heavy atom. The van der Waals surface area contributed by atoms with Crippen LogP contribution in [0.15, 0.2) is 30.3 Å². The second-order valence-electron chi connectivity index (χ2n) is 4.96. The first-order valence-corrected chi connectivity index (χ1v) is 6.31. The number of rotatable bonds is 0. The van der Waals surface area contributed by atoms with Crippen molar-refractivity contribution in [3.8, 4) is 22.6 Å². The fourth-order valence-corrected chi connectivity index (χ4v) is 3.00. The minimum absolute atomic E-state index is 0.268. The predicted octanol–water partition coefficient (Wildman–Crippen LogP) is 1.91. The Bertz CT molecular complexity index is 858. The second-order valence-corrected chi connectivity index (χ2v) is 4.96. The molecular weight excluding hydrogens is 236 g/mol. The van der Waals surface area contributed by atoms with Crippen LogP contribution in [-0.2, 0) is 6.42 Å². The molecule has 2 aliphatic rings. The number of hydrogen-bond acceptors (Lipinski definition) is 2. The molecule has 0 saturated carbocycles. The van der Waals surface area contributed by atoms with Crippen molar-refractivity contribution >= 4 is 18.2 Å². The van der Waals surface area contributed by atoms with Gasteiger partial charge in [-0.05, 0) is 51.7 Å². The molecular formula is C17H12O2. The van der Waals surface area contributed by atoms with Crippen molar-refractivity contribution in [1.29, 1.82) is 0 Å². The van der Waals surface area contributed by atoms with Gasteiger partial charge in [0.25, 0.3) is 0 Å². The number of phenolic OH excluding ortho intramolecular Hbond substituents is 2. The highest BCUT2D eigenvalue weighted by Crippen LogP contribution is 2.33. The molecule has 0 saturated heterocycles. The van der Waals surface area contributed by atoms with Crippen LogP contribution in [0.5, 0.6) is 11.5 Å². The zero-order valence-corrected chi connectivity index (χ0v) is 10.2. The molecule has 0 unspecified atom stereocenters. The number of phenols is 2. The van der Waals surface area contributed by atoms with E-state index in [-0.39, 0.29) is 5.75 Å². The lowest BCUT2D eigenvalue weighted by atomic mass is 9.88. The van der Waals surface area contributed by atoms with Gasteiger partial charge in [0, 0.05) is 5.56 Å². The summed E-state index contributed by atoms with van der Waals surface area (Å²) in [6, 6.07) is 7.13. The molecule has 19 heavy (non-hydrogen) atoms. The van der Waals surface area contributed by atoms with Crippen LogP contribution in [0.3, 0.4) is 0 Å². The average Bonchev–Trinajstić information content (AvgIpc) is 2.86. The topological polar surface area (TPSA) is 40.5 Å². The predicted molar refractivity (Wildman–Crippen MR) is 76.1 cm³/mol. The van der Waals surface area contributed by atoms with Gasteiger partial charge in [0.2, 0.25) is 0 Å². The van der Waals surface area contributed by atoms with Gasteiger partial charge in [-0.25, -0.2) is 0 Å². The smallest absolute Gasteiger partial charge is 0.124 e. The van der Waals surface area contributed by atoms with Crippen molar-refractivity contribution in [2.45, 2.75) is 6.42 Å². The molecule has 0 amide bonds. The largest absolute Gasteiger partial charge is 0.508 e. The minimum atomic E-state index is 0.268. The average molecular weight is 248 g/mol. The Labute approximate surface area is 110 Å². The van der Waals surface area contributed by atoms with E-state index in [9.17, 15) is 10.2 Å². The van der Waals surface area contributed by atoms with E-state index in [1.807, 2.05) is 24.3 Å². The summed E-state index contributed by atoms with van der Waals surface area (Å²) in [6.45, 7) is 0. The molecule has 0 heterocycles. The highest BCUT2D eigenvalue weighted by molar-refractivity contribution is 5.82. The van der Waals surface area contributed by atoms with Crippen LogP contribution in [0, 0.1) is 0 Å². The first kappa shape index (κ1) is 10.4. The Morgan fingerprint density at radius 2 is 1.89 bits per heavy atom. The molecule has 4 rings (SSSR count). The van der Waals surface area contributed by atoms with Crippen molar-refractivity contribution in [3.05, 3.63) is 51.9 Å². The lowest BCUT2D eigenvalue weighted by Gasteiger charge is -2.17. The summed E-state index contributed by atoms with van der Waals surface area (Å²) >= 11 is 0. The van der Waals surface area contributed by atoms with Gasteiger partial charge in [-0.3, -0.25) is 0 Å². The molecule has 0 spiro atoms. The molecule has 2 aromatic carbocycles. The number of allylic oxidation sites excluding steroid dienone is 1. The molecule has 2 nitrogen and oxygen atoms in total. The van der Waals surface area contributed by atoms with Crippen molar-refractivity contribution in [3.63, 3.8) is 0 Å². The second kappa shape index (κ2) is 3.51. The highest BCUT2D eigenvalue weighted by Gasteiger charge is 2.17. The maximum atomic E-state index is 10.3. The standard InChI is InChI=1S/C17H12O2/c18-12-5-7-14-11(8-12)4-6-15-13-3-1-2-10(13)9-16(19)17(14)15/h1-3,5-9,18-19H,4H2. The van der Waals surface area contributed by atoms with Crippen LogP contribution in [0.25, 0.3) is 29.4 Å². The Morgan fingerprint density at radius 1 is 1.00 bits per heavy atom. The summed E-state index contributed by atoms with van der Waals surface area (Å²) in [5.41, 5.74) is 4.00. The number of hydrogen-bond donors (Lipinski definition) is 2. The summed E-state index contributed by atoms with van der Waals surface area (Å²) in [5, 5.41) is 22.1. The zero-order chi connectivity index (χ0) is 13.0. The molecule has 0 fully saturated rings. The summed E-state index contributed by atoms with van der Waals surface area (Å²) < 4.78 is 0. The lowest BCUT2D eigenvalue weighted by molar-refractivity contribution is 0.473. The molecule has 92 valence electrons. The number of fused-ring (bicyclic) bond motifs is 5. The molecule has 0 aromatic heterocycles. The summed E-state index contributed by atoms with van der Waals surface area (Å²) in [4.78, 5) is 0. The maximum absolute atomic E-state index is 10.3. The van der Waals surface area contributed by atoms with Crippen LogP contribution in [0.1, 0.15) is 11.1 Å². The highest BCUT2D eigenvalue weighted by atomic mass is 16.3. The van der Waals surface area contributed by atoms with Gasteiger partial charge < -0.3 is 10.2 Å². The molecule has 0 radical (unpaired) electrons. The van der Waals surface area contributed by atoms with Crippen LogP contribution in [0.4, 0.5) is 0 Å². The third kappa shape index (κ3) is 1.37. The molecule has 0 atom stereocenters. The number of aromatic hydroxyl groups is 2. The van der Waals surface area contributed by atoms with Crippen LogP contribution < -0.4 is 10.4 Å². The monoisotopic (exact) mass is 248 g/mol. The molecule has 2 aliphatic carbocycles. The van der Waals surface area contributed by atoms with Gasteiger partial charge in [-0.1, -0.05) is 30.4 Å². The molecule has 2 N–H and O–H groups in total. The van der Waals surface area contributed by atoms with E-state index in [0.717, 1.165) is 33.9 Å². The van der Waals surface area contributed by atoms with Gasteiger partial charge in [-0.2, -0.15) is 0 Å². The van der Waals surface area contributed by atoms with Crippen molar-refractivity contribution in [2.24, 2.45) is 0 Å². The Hall–Kier alpha value is -2.48. The Balaban J connectivity index is 2.14. The quantitative estimate of drug-likeness (QED) is 0.747. The van der Waals surface area contributed by atoms with Gasteiger partial charge in [0.05, 0.1) is 0 Å². The third-order valence-electron chi connectivity index (χ3n) is 3.84. The fraction of sp³-hybridized carbons (Fsp3) is 0.0588. The number of benzene rings is 2. The molecule has 0 bridgehead atoms. The van der Waals surface area contributed by atoms with Crippen LogP contribution >= 0.6 is 0 Å². The van der Waals surface area contributed by atoms with E-state index in [2.05, 4.69) is 12.2 Å².